The first-order valence-electron chi connectivity index (χ1n) is 7.18. The summed E-state index contributed by atoms with van der Waals surface area (Å²) >= 11 is 0. The number of nitrogens with two attached hydrogens (primary N) is 1. The van der Waals surface area contributed by atoms with Crippen LogP contribution >= 0.6 is 0 Å². The van der Waals surface area contributed by atoms with Crippen molar-refractivity contribution in [2.24, 2.45) is 5.73 Å². The van der Waals surface area contributed by atoms with Gasteiger partial charge >= 0.3 is 6.03 Å². The van der Waals surface area contributed by atoms with E-state index < -0.39 is 6.03 Å². The third-order valence-corrected chi connectivity index (χ3v) is 4.27. The Bertz CT molecular complexity index is 482. The number of anilines is 1. The average Bonchev–Trinajstić information content (AvgIpc) is 2.82. The number of benzene rings is 1. The number of carbonyl (C=O) groups excluding carboxylic acids is 1. The lowest BCUT2D eigenvalue weighted by atomic mass is 9.77. The number of primary amides is 1. The zero-order valence-corrected chi connectivity index (χ0v) is 11.5. The first-order valence-corrected chi connectivity index (χ1v) is 7.18. The summed E-state index contributed by atoms with van der Waals surface area (Å²) in [5.41, 5.74) is 7.36. The van der Waals surface area contributed by atoms with Crippen LogP contribution in [0.15, 0.2) is 24.3 Å². The van der Waals surface area contributed by atoms with E-state index in [1.807, 2.05) is 24.3 Å². The summed E-state index contributed by atoms with van der Waals surface area (Å²) in [6, 6.07) is 7.96. The van der Waals surface area contributed by atoms with E-state index in [0.29, 0.717) is 12.6 Å². The third kappa shape index (κ3) is 2.88. The molecule has 0 aromatic heterocycles. The van der Waals surface area contributed by atoms with Gasteiger partial charge in [-0.15, -0.1) is 0 Å². The van der Waals surface area contributed by atoms with Crippen molar-refractivity contribution in [2.75, 3.05) is 11.9 Å². The fourth-order valence-electron chi connectivity index (χ4n) is 3.00. The predicted octanol–water partition coefficient (Wildman–Crippen LogP) is 1.98. The van der Waals surface area contributed by atoms with Crippen molar-refractivity contribution in [1.82, 2.24) is 5.32 Å². The zero-order valence-electron chi connectivity index (χ0n) is 11.5. The number of hydrogen-bond donors (Lipinski definition) is 3. The van der Waals surface area contributed by atoms with E-state index >= 15 is 0 Å². The van der Waals surface area contributed by atoms with Crippen LogP contribution in [0.4, 0.5) is 10.5 Å². The highest BCUT2D eigenvalue weighted by Crippen LogP contribution is 2.43. The minimum Gasteiger partial charge on any atom is -0.380 e. The van der Waals surface area contributed by atoms with Gasteiger partial charge in [-0.3, -0.25) is 0 Å². The van der Waals surface area contributed by atoms with E-state index in [-0.39, 0.29) is 5.60 Å². The average molecular weight is 275 g/mol. The Morgan fingerprint density at radius 1 is 1.35 bits per heavy atom. The highest BCUT2D eigenvalue weighted by atomic mass is 16.5. The molecule has 5 heteroatoms. The second-order valence-electron chi connectivity index (χ2n) is 5.81. The Labute approximate surface area is 118 Å². The fourth-order valence-corrected chi connectivity index (χ4v) is 3.00. The lowest BCUT2D eigenvalue weighted by molar-refractivity contribution is -0.0562. The fraction of sp³-hybridized carbons (Fsp3) is 0.533. The monoisotopic (exact) mass is 275 g/mol. The number of carbonyl (C=O) groups is 1. The molecule has 1 saturated carbocycles. The van der Waals surface area contributed by atoms with Gasteiger partial charge in [0.25, 0.3) is 0 Å². The third-order valence-electron chi connectivity index (χ3n) is 4.27. The van der Waals surface area contributed by atoms with Crippen molar-refractivity contribution >= 4 is 11.7 Å². The molecule has 1 aromatic rings. The molecule has 1 spiro atoms. The molecular formula is C15H21N3O2. The van der Waals surface area contributed by atoms with Crippen LogP contribution in [0.1, 0.15) is 31.2 Å². The van der Waals surface area contributed by atoms with Crippen LogP contribution in [0.2, 0.25) is 0 Å². The molecule has 1 heterocycles. The molecule has 1 unspecified atom stereocenters. The SMILES string of the molecule is NC(=O)NCc1ccc(NC2COC3(CCC3)C2)cc1. The van der Waals surface area contributed by atoms with Crippen molar-refractivity contribution < 1.29 is 9.53 Å². The van der Waals surface area contributed by atoms with Gasteiger partial charge in [-0.05, 0) is 43.4 Å². The van der Waals surface area contributed by atoms with Crippen molar-refractivity contribution in [2.45, 2.75) is 43.9 Å². The number of amides is 2. The van der Waals surface area contributed by atoms with E-state index in [4.69, 9.17) is 10.5 Å². The summed E-state index contributed by atoms with van der Waals surface area (Å²) in [7, 11) is 0. The Kier molecular flexibility index (Phi) is 3.53. The summed E-state index contributed by atoms with van der Waals surface area (Å²) in [6.07, 6.45) is 4.83. The molecule has 1 atom stereocenters. The van der Waals surface area contributed by atoms with Gasteiger partial charge in [0.15, 0.2) is 0 Å². The van der Waals surface area contributed by atoms with Crippen LogP contribution in [0.5, 0.6) is 0 Å². The minimum atomic E-state index is -0.499. The molecule has 2 amide bonds. The molecule has 1 aromatic carbocycles. The lowest BCUT2D eigenvalue weighted by Gasteiger charge is -2.37. The standard InChI is InChI=1S/C15H21N3O2/c16-14(19)17-9-11-2-4-12(5-3-11)18-13-8-15(20-10-13)6-1-7-15/h2-5,13,18H,1,6-10H2,(H3,16,17,19). The van der Waals surface area contributed by atoms with Gasteiger partial charge < -0.3 is 21.1 Å². The Balaban J connectivity index is 1.52. The van der Waals surface area contributed by atoms with Crippen molar-refractivity contribution in [3.63, 3.8) is 0 Å². The predicted molar refractivity (Wildman–Crippen MR) is 77.4 cm³/mol. The van der Waals surface area contributed by atoms with E-state index in [9.17, 15) is 4.79 Å². The Morgan fingerprint density at radius 2 is 2.10 bits per heavy atom. The van der Waals surface area contributed by atoms with Gasteiger partial charge in [0.05, 0.1) is 18.2 Å². The Hall–Kier alpha value is -1.75. The van der Waals surface area contributed by atoms with Crippen LogP contribution < -0.4 is 16.4 Å². The van der Waals surface area contributed by atoms with E-state index in [1.165, 1.54) is 19.3 Å². The van der Waals surface area contributed by atoms with Gasteiger partial charge in [0.1, 0.15) is 0 Å². The lowest BCUT2D eigenvalue weighted by Crippen LogP contribution is -2.36. The molecule has 0 radical (unpaired) electrons. The molecule has 4 N–H and O–H groups in total. The molecule has 20 heavy (non-hydrogen) atoms. The maximum absolute atomic E-state index is 10.6. The highest BCUT2D eigenvalue weighted by molar-refractivity contribution is 5.71. The summed E-state index contributed by atoms with van der Waals surface area (Å²) in [4.78, 5) is 10.6. The first-order chi connectivity index (χ1) is 9.65. The van der Waals surface area contributed by atoms with Gasteiger partial charge in [0.2, 0.25) is 0 Å². The maximum Gasteiger partial charge on any atom is 0.312 e. The summed E-state index contributed by atoms with van der Waals surface area (Å²) in [5.74, 6) is 0. The summed E-state index contributed by atoms with van der Waals surface area (Å²) in [6.45, 7) is 1.26. The number of rotatable bonds is 4. The largest absolute Gasteiger partial charge is 0.380 e. The minimum absolute atomic E-state index is 0.184. The quantitative estimate of drug-likeness (QED) is 0.786. The van der Waals surface area contributed by atoms with Crippen molar-refractivity contribution in [3.8, 4) is 0 Å². The van der Waals surface area contributed by atoms with Crippen molar-refractivity contribution in [3.05, 3.63) is 29.8 Å². The van der Waals surface area contributed by atoms with Gasteiger partial charge in [-0.25, -0.2) is 4.79 Å². The van der Waals surface area contributed by atoms with Crippen LogP contribution in [0.25, 0.3) is 0 Å². The van der Waals surface area contributed by atoms with Crippen molar-refractivity contribution in [1.29, 1.82) is 0 Å². The van der Waals surface area contributed by atoms with E-state index in [0.717, 1.165) is 24.3 Å². The molecule has 2 aliphatic rings. The molecule has 2 fully saturated rings. The number of ether oxygens (including phenoxy) is 1. The maximum atomic E-state index is 10.6. The normalized spacial score (nSPS) is 23.3. The number of hydrogen-bond acceptors (Lipinski definition) is 3. The van der Waals surface area contributed by atoms with Gasteiger partial charge in [-0.2, -0.15) is 0 Å². The summed E-state index contributed by atoms with van der Waals surface area (Å²) in [5, 5.41) is 6.10. The highest BCUT2D eigenvalue weighted by Gasteiger charge is 2.44. The topological polar surface area (TPSA) is 76.4 Å². The van der Waals surface area contributed by atoms with Crippen LogP contribution in [0.3, 0.4) is 0 Å². The smallest absolute Gasteiger partial charge is 0.312 e. The molecule has 108 valence electrons. The molecule has 0 bridgehead atoms. The van der Waals surface area contributed by atoms with Crippen LogP contribution in [-0.4, -0.2) is 24.3 Å². The van der Waals surface area contributed by atoms with Gasteiger partial charge in [0, 0.05) is 12.2 Å². The molecular weight excluding hydrogens is 254 g/mol. The molecule has 1 saturated heterocycles. The second-order valence-corrected chi connectivity index (χ2v) is 5.81. The van der Waals surface area contributed by atoms with E-state index in [2.05, 4.69) is 10.6 Å². The molecule has 1 aliphatic heterocycles. The van der Waals surface area contributed by atoms with Gasteiger partial charge in [-0.1, -0.05) is 12.1 Å². The first kappa shape index (κ1) is 13.2. The zero-order chi connectivity index (χ0) is 14.0. The van der Waals surface area contributed by atoms with Crippen LogP contribution in [-0.2, 0) is 11.3 Å². The van der Waals surface area contributed by atoms with E-state index in [1.54, 1.807) is 0 Å². The second kappa shape index (κ2) is 5.32. The molecule has 3 rings (SSSR count). The Morgan fingerprint density at radius 3 is 2.65 bits per heavy atom. The number of nitrogens with one attached hydrogen (secondary N) is 2. The van der Waals surface area contributed by atoms with Crippen LogP contribution in [0, 0.1) is 0 Å². The summed E-state index contributed by atoms with van der Waals surface area (Å²) < 4.78 is 5.93. The molecule has 1 aliphatic carbocycles. The number of urea groups is 1. The molecule has 5 nitrogen and oxygen atoms in total.